The van der Waals surface area contributed by atoms with Crippen LogP contribution in [0.3, 0.4) is 0 Å². The highest BCUT2D eigenvalue weighted by Gasteiger charge is 2.21. The van der Waals surface area contributed by atoms with E-state index in [0.29, 0.717) is 37.0 Å². The highest BCUT2D eigenvalue weighted by atomic mass is 16.5. The Bertz CT molecular complexity index is 633. The fraction of sp³-hybridized carbons (Fsp3) is 0.474. The van der Waals surface area contributed by atoms with Crippen molar-refractivity contribution in [3.8, 4) is 11.5 Å². The van der Waals surface area contributed by atoms with Crippen LogP contribution in [-0.4, -0.2) is 30.1 Å². The van der Waals surface area contributed by atoms with Gasteiger partial charge in [0.05, 0.1) is 13.2 Å². The maximum atomic E-state index is 12.4. The number of phenolic OH excluding ortho intramolecular Hbond substituents is 1. The molecule has 24 heavy (non-hydrogen) atoms. The number of carbonyl (C=O) groups is 2. The van der Waals surface area contributed by atoms with Gasteiger partial charge in [-0.2, -0.15) is 0 Å². The minimum atomic E-state index is -0.564. The average Bonchev–Trinajstić information content (AvgIpc) is 2.53. The van der Waals surface area contributed by atoms with Gasteiger partial charge in [0, 0.05) is 18.9 Å². The largest absolute Gasteiger partial charge is 0.507 e. The van der Waals surface area contributed by atoms with E-state index < -0.39 is 5.97 Å². The third kappa shape index (κ3) is 4.85. The quantitative estimate of drug-likeness (QED) is 0.790. The Morgan fingerprint density at radius 1 is 1.21 bits per heavy atom. The Morgan fingerprint density at radius 3 is 2.71 bits per heavy atom. The number of hydrogen-bond donors (Lipinski definition) is 1. The number of benzene rings is 1. The Kier molecular flexibility index (Phi) is 6.41. The van der Waals surface area contributed by atoms with Crippen LogP contribution in [-0.2, 0) is 9.53 Å². The molecule has 0 amide bonds. The zero-order chi connectivity index (χ0) is 17.5. The number of cyclic esters (lactones) is 1. The molecule has 0 saturated heterocycles. The van der Waals surface area contributed by atoms with Gasteiger partial charge in [0.1, 0.15) is 22.8 Å². The van der Waals surface area contributed by atoms with Gasteiger partial charge >= 0.3 is 5.97 Å². The number of ether oxygens (including phenoxy) is 2. The summed E-state index contributed by atoms with van der Waals surface area (Å²) in [6, 6.07) is 3.09. The van der Waals surface area contributed by atoms with Gasteiger partial charge in [-0.1, -0.05) is 12.2 Å². The summed E-state index contributed by atoms with van der Waals surface area (Å²) in [5.41, 5.74) is 0.694. The number of aromatic hydroxyl groups is 1. The lowest BCUT2D eigenvalue weighted by Crippen LogP contribution is -2.16. The molecule has 0 bridgehead atoms. The van der Waals surface area contributed by atoms with Crippen LogP contribution in [0.4, 0.5) is 0 Å². The number of Topliss-reactive ketones (excluding diaryl/α,β-unsaturated/α-hetero) is 1. The number of allylic oxidation sites excluding steroid dienone is 1. The smallest absolute Gasteiger partial charge is 0.342 e. The van der Waals surface area contributed by atoms with E-state index >= 15 is 0 Å². The number of fused-ring (bicyclic) bond motifs is 1. The molecule has 0 aromatic heterocycles. The molecule has 2 rings (SSSR count). The van der Waals surface area contributed by atoms with E-state index in [-0.39, 0.29) is 23.2 Å². The van der Waals surface area contributed by atoms with Crippen LogP contribution in [0.2, 0.25) is 0 Å². The van der Waals surface area contributed by atoms with E-state index in [1.165, 1.54) is 13.2 Å². The third-order valence-electron chi connectivity index (χ3n) is 4.06. The summed E-state index contributed by atoms with van der Waals surface area (Å²) in [6.07, 6.45) is 7.26. The first kappa shape index (κ1) is 18.0. The van der Waals surface area contributed by atoms with Gasteiger partial charge in [-0.15, -0.1) is 0 Å². The molecule has 1 unspecified atom stereocenters. The van der Waals surface area contributed by atoms with Crippen LogP contribution in [0, 0.1) is 0 Å². The molecule has 1 aromatic rings. The van der Waals surface area contributed by atoms with Crippen LogP contribution < -0.4 is 4.74 Å². The van der Waals surface area contributed by atoms with Gasteiger partial charge in [-0.05, 0) is 44.2 Å². The van der Waals surface area contributed by atoms with Crippen molar-refractivity contribution in [2.24, 2.45) is 0 Å². The fourth-order valence-corrected chi connectivity index (χ4v) is 2.73. The highest BCUT2D eigenvalue weighted by molar-refractivity contribution is 5.97. The molecule has 0 radical (unpaired) electrons. The maximum absolute atomic E-state index is 12.4. The lowest BCUT2D eigenvalue weighted by Gasteiger charge is -2.16. The molecule has 1 atom stereocenters. The lowest BCUT2D eigenvalue weighted by molar-refractivity contribution is -0.119. The molecular formula is C19H24O5. The molecule has 1 aromatic carbocycles. The standard InChI is InChI=1S/C19H24O5/c1-13-7-6-10-15(20)9-5-3-4-8-14-11-16(23-2)12-17(21)18(14)19(22)24-13/h4,8,11-13,21H,3,5-7,9-10H2,1-2H3. The topological polar surface area (TPSA) is 72.8 Å². The molecule has 0 saturated carbocycles. The number of ketones is 1. The maximum Gasteiger partial charge on any atom is 0.342 e. The van der Waals surface area contributed by atoms with Crippen molar-refractivity contribution in [3.63, 3.8) is 0 Å². The van der Waals surface area contributed by atoms with Crippen molar-refractivity contribution >= 4 is 17.8 Å². The van der Waals surface area contributed by atoms with E-state index in [1.807, 2.05) is 6.08 Å². The molecule has 1 aliphatic heterocycles. The second-order valence-corrected chi connectivity index (χ2v) is 6.05. The minimum absolute atomic E-state index is 0.145. The SMILES string of the molecule is COc1cc(O)c2c(c1)C=CCCCC(=O)CCCC(C)OC2=O. The third-order valence-corrected chi connectivity index (χ3v) is 4.06. The molecule has 1 aliphatic rings. The summed E-state index contributed by atoms with van der Waals surface area (Å²) in [7, 11) is 1.50. The summed E-state index contributed by atoms with van der Waals surface area (Å²) in [5, 5.41) is 10.2. The van der Waals surface area contributed by atoms with Crippen molar-refractivity contribution in [1.82, 2.24) is 0 Å². The number of rotatable bonds is 1. The van der Waals surface area contributed by atoms with Crippen LogP contribution in [0.15, 0.2) is 18.2 Å². The van der Waals surface area contributed by atoms with Gasteiger partial charge in [-0.25, -0.2) is 4.79 Å². The van der Waals surface area contributed by atoms with Gasteiger partial charge in [0.25, 0.3) is 0 Å². The second-order valence-electron chi connectivity index (χ2n) is 6.05. The molecule has 5 nitrogen and oxygen atoms in total. The molecule has 1 heterocycles. The number of esters is 1. The first-order chi connectivity index (χ1) is 11.5. The number of carbonyl (C=O) groups excluding carboxylic acids is 2. The van der Waals surface area contributed by atoms with Crippen molar-refractivity contribution in [1.29, 1.82) is 0 Å². The van der Waals surface area contributed by atoms with Gasteiger partial charge in [-0.3, -0.25) is 4.79 Å². The minimum Gasteiger partial charge on any atom is -0.507 e. The highest BCUT2D eigenvalue weighted by Crippen LogP contribution is 2.30. The predicted octanol–water partition coefficient (Wildman–Crippen LogP) is 3.88. The summed E-state index contributed by atoms with van der Waals surface area (Å²) >= 11 is 0. The summed E-state index contributed by atoms with van der Waals surface area (Å²) < 4.78 is 10.6. The van der Waals surface area contributed by atoms with Crippen LogP contribution in [0.25, 0.3) is 6.08 Å². The van der Waals surface area contributed by atoms with Crippen LogP contribution >= 0.6 is 0 Å². The Labute approximate surface area is 142 Å². The molecule has 1 N–H and O–H groups in total. The first-order valence-electron chi connectivity index (χ1n) is 8.31. The number of hydrogen-bond acceptors (Lipinski definition) is 5. The van der Waals surface area contributed by atoms with Crippen molar-refractivity contribution in [2.75, 3.05) is 7.11 Å². The molecule has 5 heteroatoms. The fourth-order valence-electron chi connectivity index (χ4n) is 2.73. The van der Waals surface area contributed by atoms with Crippen molar-refractivity contribution in [2.45, 2.75) is 51.6 Å². The summed E-state index contributed by atoms with van der Waals surface area (Å²) in [6.45, 7) is 1.80. The van der Waals surface area contributed by atoms with E-state index in [0.717, 1.165) is 12.8 Å². The van der Waals surface area contributed by atoms with E-state index in [4.69, 9.17) is 9.47 Å². The predicted molar refractivity (Wildman–Crippen MR) is 91.3 cm³/mol. The molecule has 130 valence electrons. The first-order valence-corrected chi connectivity index (χ1v) is 8.31. The average molecular weight is 332 g/mol. The molecule has 0 aliphatic carbocycles. The molecule has 0 spiro atoms. The van der Waals surface area contributed by atoms with Crippen molar-refractivity contribution < 1.29 is 24.2 Å². The monoisotopic (exact) mass is 332 g/mol. The summed E-state index contributed by atoms with van der Waals surface area (Å²) in [5.74, 6) is -0.00842. The van der Waals surface area contributed by atoms with E-state index in [1.54, 1.807) is 19.1 Å². The Morgan fingerprint density at radius 2 is 1.96 bits per heavy atom. The second kappa shape index (κ2) is 8.52. The van der Waals surface area contributed by atoms with E-state index in [9.17, 15) is 14.7 Å². The Balaban J connectivity index is 2.34. The van der Waals surface area contributed by atoms with Crippen LogP contribution in [0.5, 0.6) is 11.5 Å². The summed E-state index contributed by atoms with van der Waals surface area (Å²) in [4.78, 5) is 24.2. The number of phenols is 1. The van der Waals surface area contributed by atoms with Gasteiger partial charge in [0.2, 0.25) is 0 Å². The normalized spacial score (nSPS) is 20.0. The van der Waals surface area contributed by atoms with Crippen molar-refractivity contribution in [3.05, 3.63) is 29.3 Å². The van der Waals surface area contributed by atoms with Crippen LogP contribution in [0.1, 0.15) is 61.4 Å². The molecule has 0 fully saturated rings. The number of methoxy groups -OCH3 is 1. The van der Waals surface area contributed by atoms with E-state index in [2.05, 4.69) is 0 Å². The zero-order valence-electron chi connectivity index (χ0n) is 14.2. The van der Waals surface area contributed by atoms with Gasteiger partial charge < -0.3 is 14.6 Å². The van der Waals surface area contributed by atoms with Gasteiger partial charge in [0.15, 0.2) is 0 Å². The molecular weight excluding hydrogens is 308 g/mol. The zero-order valence-corrected chi connectivity index (χ0v) is 14.2. The lowest BCUT2D eigenvalue weighted by atomic mass is 10.0. The Hall–Kier alpha value is -2.30.